The van der Waals surface area contributed by atoms with Gasteiger partial charge >= 0.3 is 0 Å². The highest BCUT2D eigenvalue weighted by Crippen LogP contribution is 2.24. The molecule has 0 unspecified atom stereocenters. The van der Waals surface area contributed by atoms with E-state index in [4.69, 9.17) is 9.47 Å². The standard InChI is InChI=1S/C20H29N3O4/c1-26-15-20(25)23(18-6-11-27-12-7-18)17-4-9-22(10-5-17)19(24)13-16-3-2-8-21-14-16/h2-3,8,14,17-18H,4-7,9-13,15H2,1H3. The van der Waals surface area contributed by atoms with E-state index in [1.807, 2.05) is 21.9 Å². The number of amides is 2. The largest absolute Gasteiger partial charge is 0.381 e. The van der Waals surface area contributed by atoms with E-state index in [-0.39, 0.29) is 30.5 Å². The first-order chi connectivity index (χ1) is 13.2. The third-order valence-electron chi connectivity index (χ3n) is 5.43. The van der Waals surface area contributed by atoms with Crippen LogP contribution in [0.25, 0.3) is 0 Å². The van der Waals surface area contributed by atoms with E-state index in [1.165, 1.54) is 0 Å². The second-order valence-electron chi connectivity index (χ2n) is 7.23. The molecule has 7 heteroatoms. The molecule has 3 heterocycles. The molecule has 1 aromatic rings. The summed E-state index contributed by atoms with van der Waals surface area (Å²) < 4.78 is 10.6. The van der Waals surface area contributed by atoms with Crippen molar-refractivity contribution in [2.45, 2.75) is 44.2 Å². The average molecular weight is 375 g/mol. The van der Waals surface area contributed by atoms with Gasteiger partial charge in [0.05, 0.1) is 6.42 Å². The minimum atomic E-state index is 0.0459. The molecule has 2 amide bonds. The number of pyridine rings is 1. The molecule has 0 spiro atoms. The summed E-state index contributed by atoms with van der Waals surface area (Å²) in [5.74, 6) is 0.173. The van der Waals surface area contributed by atoms with Crippen molar-refractivity contribution in [3.05, 3.63) is 30.1 Å². The lowest BCUT2D eigenvalue weighted by Gasteiger charge is -2.43. The molecule has 0 bridgehead atoms. The van der Waals surface area contributed by atoms with Crippen molar-refractivity contribution in [2.24, 2.45) is 0 Å². The number of hydrogen-bond acceptors (Lipinski definition) is 5. The summed E-state index contributed by atoms with van der Waals surface area (Å²) in [6, 6.07) is 4.15. The van der Waals surface area contributed by atoms with Gasteiger partial charge < -0.3 is 19.3 Å². The monoisotopic (exact) mass is 375 g/mol. The summed E-state index contributed by atoms with van der Waals surface area (Å²) >= 11 is 0. The quantitative estimate of drug-likeness (QED) is 0.749. The van der Waals surface area contributed by atoms with E-state index in [1.54, 1.807) is 19.5 Å². The highest BCUT2D eigenvalue weighted by Gasteiger charge is 2.34. The number of methoxy groups -OCH3 is 1. The molecular formula is C20H29N3O4. The van der Waals surface area contributed by atoms with Gasteiger partial charge in [0.15, 0.2) is 0 Å². The Hall–Kier alpha value is -1.99. The van der Waals surface area contributed by atoms with Crippen LogP contribution in [0.4, 0.5) is 0 Å². The molecule has 2 fully saturated rings. The Labute approximate surface area is 160 Å². The highest BCUT2D eigenvalue weighted by molar-refractivity contribution is 5.79. The molecule has 0 saturated carbocycles. The fourth-order valence-corrected chi connectivity index (χ4v) is 4.05. The van der Waals surface area contributed by atoms with Crippen molar-refractivity contribution in [2.75, 3.05) is 40.0 Å². The van der Waals surface area contributed by atoms with Crippen molar-refractivity contribution in [3.63, 3.8) is 0 Å². The summed E-state index contributed by atoms with van der Waals surface area (Å²) in [7, 11) is 1.56. The number of likely N-dealkylation sites (tertiary alicyclic amines) is 1. The first-order valence-electron chi connectivity index (χ1n) is 9.73. The molecule has 3 rings (SSSR count). The van der Waals surface area contributed by atoms with Gasteiger partial charge in [-0.15, -0.1) is 0 Å². The summed E-state index contributed by atoms with van der Waals surface area (Å²) in [5, 5.41) is 0. The topological polar surface area (TPSA) is 72.0 Å². The normalized spacial score (nSPS) is 19.1. The Bertz CT molecular complexity index is 611. The first kappa shape index (κ1) is 19.8. The van der Waals surface area contributed by atoms with Crippen LogP contribution in [0.1, 0.15) is 31.2 Å². The summed E-state index contributed by atoms with van der Waals surface area (Å²) in [6.07, 6.45) is 7.19. The third-order valence-corrected chi connectivity index (χ3v) is 5.43. The molecule has 7 nitrogen and oxygen atoms in total. The molecular weight excluding hydrogens is 346 g/mol. The van der Waals surface area contributed by atoms with E-state index in [0.29, 0.717) is 32.7 Å². The maximum absolute atomic E-state index is 12.7. The second kappa shape index (κ2) is 9.80. The molecule has 0 aliphatic carbocycles. The lowest BCUT2D eigenvalue weighted by Crippen LogP contribution is -2.54. The average Bonchev–Trinajstić information content (AvgIpc) is 2.70. The predicted octanol–water partition coefficient (Wildman–Crippen LogP) is 1.27. The van der Waals surface area contributed by atoms with Crippen molar-refractivity contribution in [1.82, 2.24) is 14.8 Å². The zero-order valence-electron chi connectivity index (χ0n) is 16.0. The number of piperidine rings is 1. The van der Waals surface area contributed by atoms with Crippen molar-refractivity contribution in [3.8, 4) is 0 Å². The lowest BCUT2D eigenvalue weighted by atomic mass is 9.97. The fraction of sp³-hybridized carbons (Fsp3) is 0.650. The summed E-state index contributed by atoms with van der Waals surface area (Å²) in [4.78, 5) is 33.2. The Morgan fingerprint density at radius 2 is 1.93 bits per heavy atom. The number of aromatic nitrogens is 1. The van der Waals surface area contributed by atoms with Crippen LogP contribution >= 0.6 is 0 Å². The number of carbonyl (C=O) groups excluding carboxylic acids is 2. The molecule has 0 aromatic carbocycles. The lowest BCUT2D eigenvalue weighted by molar-refractivity contribution is -0.144. The summed E-state index contributed by atoms with van der Waals surface area (Å²) in [6.45, 7) is 2.87. The second-order valence-corrected chi connectivity index (χ2v) is 7.23. The van der Waals surface area contributed by atoms with Gasteiger partial charge in [-0.1, -0.05) is 6.07 Å². The van der Waals surface area contributed by atoms with Gasteiger partial charge in [-0.25, -0.2) is 0 Å². The Kier molecular flexibility index (Phi) is 7.18. The van der Waals surface area contributed by atoms with Crippen molar-refractivity contribution < 1.29 is 19.1 Å². The van der Waals surface area contributed by atoms with Crippen molar-refractivity contribution in [1.29, 1.82) is 0 Å². The van der Waals surface area contributed by atoms with Crippen LogP contribution in [0, 0.1) is 0 Å². The number of hydrogen-bond donors (Lipinski definition) is 0. The number of ether oxygens (including phenoxy) is 2. The van der Waals surface area contributed by atoms with Crippen LogP contribution in [0.3, 0.4) is 0 Å². The zero-order valence-corrected chi connectivity index (χ0v) is 16.0. The summed E-state index contributed by atoms with van der Waals surface area (Å²) in [5.41, 5.74) is 0.934. The molecule has 148 valence electrons. The smallest absolute Gasteiger partial charge is 0.249 e. The van der Waals surface area contributed by atoms with Crippen LogP contribution in [-0.4, -0.2) is 78.7 Å². The Morgan fingerprint density at radius 3 is 2.56 bits per heavy atom. The Morgan fingerprint density at radius 1 is 1.22 bits per heavy atom. The van der Waals surface area contributed by atoms with Gasteiger partial charge in [-0.2, -0.15) is 0 Å². The van der Waals surface area contributed by atoms with E-state index in [2.05, 4.69) is 4.98 Å². The maximum atomic E-state index is 12.7. The molecule has 0 N–H and O–H groups in total. The SMILES string of the molecule is COCC(=O)N(C1CCOCC1)C1CCN(C(=O)Cc2cccnc2)CC1. The van der Waals surface area contributed by atoms with Gasteiger partial charge in [0.25, 0.3) is 0 Å². The number of nitrogens with zero attached hydrogens (tertiary/aromatic N) is 3. The van der Waals surface area contributed by atoms with Gasteiger partial charge in [0.2, 0.25) is 11.8 Å². The maximum Gasteiger partial charge on any atom is 0.249 e. The van der Waals surface area contributed by atoms with Crippen LogP contribution in [0.15, 0.2) is 24.5 Å². The van der Waals surface area contributed by atoms with Gasteiger partial charge in [-0.05, 0) is 37.3 Å². The molecule has 2 saturated heterocycles. The third kappa shape index (κ3) is 5.26. The van der Waals surface area contributed by atoms with E-state index in [0.717, 1.165) is 31.2 Å². The first-order valence-corrected chi connectivity index (χ1v) is 9.73. The van der Waals surface area contributed by atoms with Crippen LogP contribution in [-0.2, 0) is 25.5 Å². The molecule has 27 heavy (non-hydrogen) atoms. The zero-order chi connectivity index (χ0) is 19.1. The van der Waals surface area contributed by atoms with Crippen molar-refractivity contribution >= 4 is 11.8 Å². The van der Waals surface area contributed by atoms with Crippen LogP contribution < -0.4 is 0 Å². The van der Waals surface area contributed by atoms with Gasteiger partial charge in [0, 0.05) is 57.9 Å². The molecule has 0 radical (unpaired) electrons. The predicted molar refractivity (Wildman–Crippen MR) is 100 cm³/mol. The fourth-order valence-electron chi connectivity index (χ4n) is 4.05. The molecule has 2 aliphatic heterocycles. The minimum Gasteiger partial charge on any atom is -0.381 e. The molecule has 1 aromatic heterocycles. The molecule has 0 atom stereocenters. The Balaban J connectivity index is 1.57. The molecule has 2 aliphatic rings. The van der Waals surface area contributed by atoms with Gasteiger partial charge in [-0.3, -0.25) is 14.6 Å². The van der Waals surface area contributed by atoms with Crippen LogP contribution in [0.2, 0.25) is 0 Å². The van der Waals surface area contributed by atoms with E-state index >= 15 is 0 Å². The number of carbonyl (C=O) groups is 2. The number of rotatable bonds is 6. The van der Waals surface area contributed by atoms with E-state index in [9.17, 15) is 9.59 Å². The highest BCUT2D eigenvalue weighted by atomic mass is 16.5. The minimum absolute atomic E-state index is 0.0459. The van der Waals surface area contributed by atoms with E-state index < -0.39 is 0 Å². The van der Waals surface area contributed by atoms with Gasteiger partial charge in [0.1, 0.15) is 6.61 Å². The van der Waals surface area contributed by atoms with Crippen LogP contribution in [0.5, 0.6) is 0 Å².